The van der Waals surface area contributed by atoms with Gasteiger partial charge in [0.25, 0.3) is 5.91 Å². The van der Waals surface area contributed by atoms with Crippen LogP contribution in [0.5, 0.6) is 11.5 Å². The monoisotopic (exact) mass is 481 g/mol. The van der Waals surface area contributed by atoms with Crippen molar-refractivity contribution in [1.29, 1.82) is 0 Å². The number of carbonyl (C=O) groups excluding carboxylic acids is 1. The van der Waals surface area contributed by atoms with Gasteiger partial charge in [-0.1, -0.05) is 11.6 Å². The SMILES string of the molecule is CCOc1cc(N2CCOCC2)c(OCC)cc1NC(=S)NC(=O)c1ccc(F)cc1Cl. The first-order valence-corrected chi connectivity index (χ1v) is 11.0. The second-order valence-corrected chi connectivity index (χ2v) is 7.63. The van der Waals surface area contributed by atoms with Gasteiger partial charge in [0.05, 0.1) is 48.4 Å². The van der Waals surface area contributed by atoms with Gasteiger partial charge in [-0.15, -0.1) is 0 Å². The van der Waals surface area contributed by atoms with Crippen molar-refractivity contribution in [2.45, 2.75) is 13.8 Å². The molecule has 3 rings (SSSR count). The minimum Gasteiger partial charge on any atom is -0.492 e. The smallest absolute Gasteiger partial charge is 0.258 e. The van der Waals surface area contributed by atoms with Crippen LogP contribution in [-0.4, -0.2) is 50.5 Å². The molecule has 0 aromatic heterocycles. The summed E-state index contributed by atoms with van der Waals surface area (Å²) in [5.74, 6) is 0.141. The van der Waals surface area contributed by atoms with E-state index in [0.29, 0.717) is 43.6 Å². The molecule has 1 amide bonds. The van der Waals surface area contributed by atoms with Crippen LogP contribution in [0.15, 0.2) is 30.3 Å². The first-order valence-electron chi connectivity index (χ1n) is 10.3. The molecule has 1 heterocycles. The number of nitrogens with zero attached hydrogens (tertiary/aromatic N) is 1. The van der Waals surface area contributed by atoms with Crippen molar-refractivity contribution in [1.82, 2.24) is 5.32 Å². The maximum atomic E-state index is 13.3. The van der Waals surface area contributed by atoms with Crippen molar-refractivity contribution in [2.24, 2.45) is 0 Å². The summed E-state index contributed by atoms with van der Waals surface area (Å²) in [6.45, 7) is 7.46. The molecule has 2 N–H and O–H groups in total. The number of thiocarbonyl (C=S) groups is 1. The minimum atomic E-state index is -0.555. The summed E-state index contributed by atoms with van der Waals surface area (Å²) >= 11 is 11.3. The van der Waals surface area contributed by atoms with Gasteiger partial charge in [0.1, 0.15) is 17.3 Å². The van der Waals surface area contributed by atoms with Crippen molar-refractivity contribution >= 4 is 46.2 Å². The number of halogens is 2. The molecule has 7 nitrogen and oxygen atoms in total. The number of rotatable bonds is 7. The topological polar surface area (TPSA) is 72.1 Å². The summed E-state index contributed by atoms with van der Waals surface area (Å²) in [6.07, 6.45) is 0. The normalized spacial score (nSPS) is 13.4. The van der Waals surface area contributed by atoms with Gasteiger partial charge in [0, 0.05) is 25.2 Å². The third-order valence-corrected chi connectivity index (χ3v) is 5.18. The Morgan fingerprint density at radius 3 is 2.50 bits per heavy atom. The summed E-state index contributed by atoms with van der Waals surface area (Å²) in [4.78, 5) is 14.7. The van der Waals surface area contributed by atoms with E-state index in [9.17, 15) is 9.18 Å². The number of carbonyl (C=O) groups is 1. The second-order valence-electron chi connectivity index (χ2n) is 6.81. The van der Waals surface area contributed by atoms with Gasteiger partial charge in [0.15, 0.2) is 5.11 Å². The number of benzene rings is 2. The second kappa shape index (κ2) is 11.3. The quantitative estimate of drug-likeness (QED) is 0.573. The lowest BCUT2D eigenvalue weighted by atomic mass is 10.2. The first-order chi connectivity index (χ1) is 15.4. The van der Waals surface area contributed by atoms with Gasteiger partial charge in [-0.2, -0.15) is 0 Å². The average Bonchev–Trinajstić information content (AvgIpc) is 2.76. The summed E-state index contributed by atoms with van der Waals surface area (Å²) in [7, 11) is 0. The molecule has 0 unspecified atom stereocenters. The zero-order valence-corrected chi connectivity index (χ0v) is 19.4. The molecule has 10 heteroatoms. The molecule has 0 bridgehead atoms. The molecule has 0 saturated carbocycles. The number of morpholine rings is 1. The maximum Gasteiger partial charge on any atom is 0.258 e. The van der Waals surface area contributed by atoms with Crippen LogP contribution in [0.3, 0.4) is 0 Å². The molecule has 1 aliphatic heterocycles. The van der Waals surface area contributed by atoms with Crippen LogP contribution >= 0.6 is 23.8 Å². The van der Waals surface area contributed by atoms with Crippen molar-refractivity contribution in [3.63, 3.8) is 0 Å². The maximum absolute atomic E-state index is 13.3. The van der Waals surface area contributed by atoms with Crippen molar-refractivity contribution in [3.8, 4) is 11.5 Å². The molecule has 0 atom stereocenters. The van der Waals surface area contributed by atoms with E-state index in [0.717, 1.165) is 30.9 Å². The van der Waals surface area contributed by atoms with Crippen molar-refractivity contribution in [3.05, 3.63) is 46.7 Å². The fraction of sp³-hybridized carbons (Fsp3) is 0.364. The molecule has 1 saturated heterocycles. The van der Waals surface area contributed by atoms with Crippen molar-refractivity contribution < 1.29 is 23.4 Å². The third-order valence-electron chi connectivity index (χ3n) is 4.66. The summed E-state index contributed by atoms with van der Waals surface area (Å²) in [6, 6.07) is 7.21. The molecule has 0 radical (unpaired) electrons. The molecule has 1 aliphatic rings. The van der Waals surface area contributed by atoms with Crippen LogP contribution < -0.4 is 25.0 Å². The molecular formula is C22H25ClFN3O4S. The Kier molecular flexibility index (Phi) is 8.49. The van der Waals surface area contributed by atoms with E-state index in [1.165, 1.54) is 6.07 Å². The molecular weight excluding hydrogens is 457 g/mol. The fourth-order valence-electron chi connectivity index (χ4n) is 3.24. The number of ether oxygens (including phenoxy) is 3. The van der Waals surface area contributed by atoms with E-state index < -0.39 is 11.7 Å². The lowest BCUT2D eigenvalue weighted by molar-refractivity contribution is 0.0978. The van der Waals surface area contributed by atoms with Gasteiger partial charge in [0.2, 0.25) is 0 Å². The van der Waals surface area contributed by atoms with Gasteiger partial charge in [-0.3, -0.25) is 10.1 Å². The third kappa shape index (κ3) is 5.99. The summed E-state index contributed by atoms with van der Waals surface area (Å²) < 4.78 is 30.4. The van der Waals surface area contributed by atoms with Gasteiger partial charge < -0.3 is 24.4 Å². The number of nitrogens with one attached hydrogen (secondary N) is 2. The Bertz CT molecular complexity index is 986. The zero-order valence-electron chi connectivity index (χ0n) is 17.9. The molecule has 0 spiro atoms. The molecule has 32 heavy (non-hydrogen) atoms. The van der Waals surface area contributed by atoms with E-state index in [1.54, 1.807) is 6.07 Å². The standard InChI is InChI=1S/C22H25ClFN3O4S/c1-3-30-19-13-18(27-7-9-29-10-8-27)20(31-4-2)12-17(19)25-22(32)26-21(28)15-6-5-14(24)11-16(15)23/h5-6,11-13H,3-4,7-10H2,1-2H3,(H2,25,26,28,32). The number of amides is 1. The first kappa shape index (κ1) is 24.0. The van der Waals surface area contributed by atoms with Gasteiger partial charge in [-0.05, 0) is 44.3 Å². The van der Waals surface area contributed by atoms with E-state index in [-0.39, 0.29) is 15.7 Å². The summed E-state index contributed by atoms with van der Waals surface area (Å²) in [5.41, 5.74) is 1.56. The van der Waals surface area contributed by atoms with Crippen LogP contribution in [-0.2, 0) is 4.74 Å². The largest absolute Gasteiger partial charge is 0.492 e. The molecule has 172 valence electrons. The lowest BCUT2D eigenvalue weighted by Gasteiger charge is -2.31. The highest BCUT2D eigenvalue weighted by molar-refractivity contribution is 7.80. The highest BCUT2D eigenvalue weighted by Gasteiger charge is 2.20. The van der Waals surface area contributed by atoms with Gasteiger partial charge in [-0.25, -0.2) is 4.39 Å². The van der Waals surface area contributed by atoms with Crippen LogP contribution in [0.4, 0.5) is 15.8 Å². The fourth-order valence-corrected chi connectivity index (χ4v) is 3.70. The van der Waals surface area contributed by atoms with E-state index in [2.05, 4.69) is 15.5 Å². The zero-order chi connectivity index (χ0) is 23.1. The number of hydrogen-bond acceptors (Lipinski definition) is 6. The molecule has 0 aliphatic carbocycles. The van der Waals surface area contributed by atoms with E-state index >= 15 is 0 Å². The Hall–Kier alpha value is -2.62. The Labute approximate surface area is 196 Å². The van der Waals surface area contributed by atoms with Crippen LogP contribution in [0.25, 0.3) is 0 Å². The predicted molar refractivity (Wildman–Crippen MR) is 127 cm³/mol. The van der Waals surface area contributed by atoms with Crippen LogP contribution in [0, 0.1) is 5.82 Å². The molecule has 1 fully saturated rings. The molecule has 2 aromatic rings. The number of hydrogen-bond donors (Lipinski definition) is 2. The Morgan fingerprint density at radius 1 is 1.16 bits per heavy atom. The van der Waals surface area contributed by atoms with Gasteiger partial charge >= 0.3 is 0 Å². The Balaban J connectivity index is 1.82. The van der Waals surface area contributed by atoms with E-state index in [1.807, 2.05) is 19.9 Å². The summed E-state index contributed by atoms with van der Waals surface area (Å²) in [5, 5.41) is 5.58. The highest BCUT2D eigenvalue weighted by Crippen LogP contribution is 2.39. The molecule has 2 aromatic carbocycles. The average molecular weight is 482 g/mol. The Morgan fingerprint density at radius 2 is 1.84 bits per heavy atom. The lowest BCUT2D eigenvalue weighted by Crippen LogP contribution is -2.36. The van der Waals surface area contributed by atoms with Crippen molar-refractivity contribution in [2.75, 3.05) is 49.7 Å². The van der Waals surface area contributed by atoms with E-state index in [4.69, 9.17) is 38.0 Å². The van der Waals surface area contributed by atoms with Crippen LogP contribution in [0.1, 0.15) is 24.2 Å². The minimum absolute atomic E-state index is 0.00574. The highest BCUT2D eigenvalue weighted by atomic mass is 35.5. The van der Waals surface area contributed by atoms with Crippen LogP contribution in [0.2, 0.25) is 5.02 Å². The predicted octanol–water partition coefficient (Wildman–Crippen LogP) is 4.24. The number of anilines is 2.